The van der Waals surface area contributed by atoms with Gasteiger partial charge in [-0.25, -0.2) is 19.4 Å². The fourth-order valence-corrected chi connectivity index (χ4v) is 4.26. The summed E-state index contributed by atoms with van der Waals surface area (Å²) in [5.74, 6) is 1.01. The first-order chi connectivity index (χ1) is 18.8. The summed E-state index contributed by atoms with van der Waals surface area (Å²) in [6.07, 6.45) is 3.41. The summed E-state index contributed by atoms with van der Waals surface area (Å²) in [5, 5.41) is 7.90. The Morgan fingerprint density at radius 3 is 2.64 bits per heavy atom. The van der Waals surface area contributed by atoms with Crippen LogP contribution in [0.4, 0.5) is 33.1 Å². The molecule has 1 aliphatic rings. The van der Waals surface area contributed by atoms with E-state index in [1.54, 1.807) is 36.4 Å². The molecule has 1 fully saturated rings. The summed E-state index contributed by atoms with van der Waals surface area (Å²) in [7, 11) is 7.56. The van der Waals surface area contributed by atoms with Crippen molar-refractivity contribution in [1.29, 1.82) is 0 Å². The maximum Gasteiger partial charge on any atom is 0.247 e. The molecule has 0 radical (unpaired) electrons. The van der Waals surface area contributed by atoms with Crippen LogP contribution in [0.3, 0.4) is 0 Å². The summed E-state index contributed by atoms with van der Waals surface area (Å²) in [4.78, 5) is 31.0. The third kappa shape index (κ3) is 6.81. The van der Waals surface area contributed by atoms with E-state index in [0.717, 1.165) is 30.8 Å². The van der Waals surface area contributed by atoms with Gasteiger partial charge < -0.3 is 25.2 Å². The predicted molar refractivity (Wildman–Crippen MR) is 151 cm³/mol. The van der Waals surface area contributed by atoms with E-state index in [4.69, 9.17) is 9.57 Å². The molecule has 39 heavy (non-hydrogen) atoms. The van der Waals surface area contributed by atoms with Crippen LogP contribution in [0.2, 0.25) is 0 Å². The third-order valence-corrected chi connectivity index (χ3v) is 6.36. The molecule has 0 saturated carbocycles. The van der Waals surface area contributed by atoms with E-state index in [2.05, 4.69) is 32.1 Å². The average Bonchev–Trinajstić information content (AvgIpc) is 3.42. The maximum atomic E-state index is 13.5. The van der Waals surface area contributed by atoms with E-state index in [-0.39, 0.29) is 17.8 Å². The number of halogens is 1. The molecule has 0 spiro atoms. The maximum absolute atomic E-state index is 13.5. The van der Waals surface area contributed by atoms with Crippen molar-refractivity contribution in [1.82, 2.24) is 14.9 Å². The molecular formula is C28H34FN7O3. The van der Waals surface area contributed by atoms with Crippen molar-refractivity contribution in [3.8, 4) is 5.75 Å². The van der Waals surface area contributed by atoms with E-state index < -0.39 is 0 Å². The topological polar surface area (TPSA) is 95.1 Å². The van der Waals surface area contributed by atoms with Gasteiger partial charge in [0, 0.05) is 38.7 Å². The molecular weight excluding hydrogens is 501 g/mol. The minimum atomic E-state index is -0.323. The molecule has 0 unspecified atom stereocenters. The number of nitrogens with one attached hydrogen (secondary N) is 2. The smallest absolute Gasteiger partial charge is 0.247 e. The molecule has 206 valence electrons. The Labute approximate surface area is 228 Å². The average molecular weight is 536 g/mol. The summed E-state index contributed by atoms with van der Waals surface area (Å²) < 4.78 is 19.2. The van der Waals surface area contributed by atoms with Crippen LogP contribution in [0.15, 0.2) is 61.4 Å². The highest BCUT2D eigenvalue weighted by Gasteiger charge is 2.29. The second-order valence-electron chi connectivity index (χ2n) is 9.39. The van der Waals surface area contributed by atoms with Crippen molar-refractivity contribution >= 4 is 34.6 Å². The van der Waals surface area contributed by atoms with Gasteiger partial charge in [-0.1, -0.05) is 18.7 Å². The Kier molecular flexibility index (Phi) is 8.95. The van der Waals surface area contributed by atoms with Crippen LogP contribution in [0.25, 0.3) is 0 Å². The van der Waals surface area contributed by atoms with Crippen LogP contribution in [0, 0.1) is 5.82 Å². The zero-order chi connectivity index (χ0) is 27.9. The Morgan fingerprint density at radius 2 is 1.95 bits per heavy atom. The van der Waals surface area contributed by atoms with Crippen LogP contribution in [-0.2, 0) is 9.63 Å². The fraction of sp³-hybridized carbons (Fsp3) is 0.321. The van der Waals surface area contributed by atoms with Crippen LogP contribution < -0.4 is 25.3 Å². The lowest BCUT2D eigenvalue weighted by Crippen LogP contribution is -2.29. The largest absolute Gasteiger partial charge is 0.494 e. The number of nitrogens with zero attached hydrogens (tertiary/aromatic N) is 5. The number of hydrogen-bond donors (Lipinski definition) is 2. The molecule has 1 amide bonds. The molecule has 2 heterocycles. The predicted octanol–water partition coefficient (Wildman–Crippen LogP) is 4.37. The van der Waals surface area contributed by atoms with Gasteiger partial charge in [-0.05, 0) is 43.9 Å². The van der Waals surface area contributed by atoms with Gasteiger partial charge in [0.25, 0.3) is 0 Å². The van der Waals surface area contributed by atoms with Gasteiger partial charge in [-0.2, -0.15) is 0 Å². The quantitative estimate of drug-likeness (QED) is 0.347. The second kappa shape index (κ2) is 12.5. The molecule has 1 saturated heterocycles. The molecule has 0 aliphatic carbocycles. The van der Waals surface area contributed by atoms with Crippen molar-refractivity contribution in [3.63, 3.8) is 0 Å². The molecule has 10 nitrogen and oxygen atoms in total. The van der Waals surface area contributed by atoms with E-state index in [1.165, 1.54) is 24.5 Å². The Hall–Kier alpha value is -4.22. The number of rotatable bonds is 11. The molecule has 0 bridgehead atoms. The highest BCUT2D eigenvalue weighted by atomic mass is 19.1. The molecule has 2 aromatic carbocycles. The van der Waals surface area contributed by atoms with Gasteiger partial charge in [-0.3, -0.25) is 9.63 Å². The molecule has 1 aromatic heterocycles. The van der Waals surface area contributed by atoms with Gasteiger partial charge in [0.05, 0.1) is 36.8 Å². The zero-order valence-corrected chi connectivity index (χ0v) is 22.6. The first-order valence-corrected chi connectivity index (χ1v) is 12.6. The molecule has 11 heteroatoms. The number of ether oxygens (including phenoxy) is 1. The number of anilines is 5. The van der Waals surface area contributed by atoms with Crippen LogP contribution in [0.5, 0.6) is 5.75 Å². The number of likely N-dealkylation sites (N-methyl/N-ethyl adjacent to an activating group) is 2. The molecule has 3 aromatic rings. The molecule has 2 N–H and O–H groups in total. The lowest BCUT2D eigenvalue weighted by atomic mass is 10.0. The minimum Gasteiger partial charge on any atom is -0.494 e. The van der Waals surface area contributed by atoms with E-state index in [0.29, 0.717) is 35.4 Å². The van der Waals surface area contributed by atoms with Crippen molar-refractivity contribution in [2.45, 2.75) is 12.5 Å². The van der Waals surface area contributed by atoms with Crippen molar-refractivity contribution in [3.05, 3.63) is 72.8 Å². The Balaban J connectivity index is 1.63. The van der Waals surface area contributed by atoms with Crippen molar-refractivity contribution in [2.24, 2.45) is 0 Å². The summed E-state index contributed by atoms with van der Waals surface area (Å²) in [6.45, 7) is 5.65. The summed E-state index contributed by atoms with van der Waals surface area (Å²) >= 11 is 0. The number of methoxy groups -OCH3 is 1. The third-order valence-electron chi connectivity index (χ3n) is 6.36. The van der Waals surface area contributed by atoms with Crippen molar-refractivity contribution in [2.75, 3.05) is 68.5 Å². The summed E-state index contributed by atoms with van der Waals surface area (Å²) in [6, 6.07) is 11.7. The number of hydrogen-bond acceptors (Lipinski definition) is 9. The SMILES string of the molecule is C=CC(=O)Nc1cc(Nc2cc(N3OCC[C@@H]3c3ccc(F)cc3)ncn2)c(OC)cc1N(C)CCN(C)C. The zero-order valence-electron chi connectivity index (χ0n) is 22.6. The number of aromatic nitrogens is 2. The lowest BCUT2D eigenvalue weighted by molar-refractivity contribution is -0.111. The van der Waals surface area contributed by atoms with Gasteiger partial charge >= 0.3 is 0 Å². The van der Waals surface area contributed by atoms with Crippen LogP contribution in [0.1, 0.15) is 18.0 Å². The van der Waals surface area contributed by atoms with Gasteiger partial charge in [0.1, 0.15) is 23.7 Å². The highest BCUT2D eigenvalue weighted by Crippen LogP contribution is 2.39. The molecule has 4 rings (SSSR count). The number of benzene rings is 2. The van der Waals surface area contributed by atoms with Crippen LogP contribution >= 0.6 is 0 Å². The van der Waals surface area contributed by atoms with E-state index >= 15 is 0 Å². The second-order valence-corrected chi connectivity index (χ2v) is 9.39. The normalized spacial score (nSPS) is 14.8. The van der Waals surface area contributed by atoms with Crippen LogP contribution in [-0.4, -0.2) is 68.7 Å². The monoisotopic (exact) mass is 535 g/mol. The minimum absolute atomic E-state index is 0.111. The fourth-order valence-electron chi connectivity index (χ4n) is 4.26. The highest BCUT2D eigenvalue weighted by molar-refractivity contribution is 6.02. The Bertz CT molecular complexity index is 1300. The number of carbonyl (C=O) groups is 1. The first-order valence-electron chi connectivity index (χ1n) is 12.6. The van der Waals surface area contributed by atoms with Gasteiger partial charge in [-0.15, -0.1) is 0 Å². The number of hydroxylamine groups is 1. The van der Waals surface area contributed by atoms with E-state index in [9.17, 15) is 9.18 Å². The lowest BCUT2D eigenvalue weighted by Gasteiger charge is -2.26. The van der Waals surface area contributed by atoms with E-state index in [1.807, 2.05) is 32.1 Å². The molecule has 1 aliphatic heterocycles. The Morgan fingerprint density at radius 1 is 1.18 bits per heavy atom. The number of amides is 1. The standard InChI is InChI=1S/C28H34FN7O3/c1-6-28(37)33-21-15-22(25(38-5)16-24(21)35(4)13-12-34(2)3)32-26-17-27(31-18-30-26)36-23(11-14-39-36)19-7-9-20(29)10-8-19/h6-10,15-18,23H,1,11-14H2,2-5H3,(H,33,37)(H,30,31,32)/t23-/m1/s1. The summed E-state index contributed by atoms with van der Waals surface area (Å²) in [5.41, 5.74) is 2.92. The van der Waals surface area contributed by atoms with Crippen molar-refractivity contribution < 1.29 is 18.8 Å². The number of carbonyl (C=O) groups excluding carboxylic acids is 1. The first kappa shape index (κ1) is 27.8. The van der Waals surface area contributed by atoms with Gasteiger partial charge in [0.15, 0.2) is 5.82 Å². The molecule has 1 atom stereocenters. The van der Waals surface area contributed by atoms with Gasteiger partial charge in [0.2, 0.25) is 5.91 Å².